The summed E-state index contributed by atoms with van der Waals surface area (Å²) in [6, 6.07) is 3.87. The van der Waals surface area contributed by atoms with Crippen LogP contribution in [0.25, 0.3) is 0 Å². The van der Waals surface area contributed by atoms with Gasteiger partial charge in [-0.2, -0.15) is 4.98 Å². The standard InChI is InChI=1S/C20H34N6/c1-2-16-14-19(24-20(23-16)26-9-3-4-10-26)25-11-7-17(8-12-25)22-18-6-5-15(21)13-18/h14-15,17-18,22H,2-13,21H2,1H3/t15-,18-/m0/s1. The van der Waals surface area contributed by atoms with Crippen LogP contribution in [0.4, 0.5) is 11.8 Å². The van der Waals surface area contributed by atoms with E-state index in [-0.39, 0.29) is 0 Å². The normalized spacial score (nSPS) is 27.5. The summed E-state index contributed by atoms with van der Waals surface area (Å²) in [6.07, 6.45) is 9.44. The molecule has 4 rings (SSSR count). The van der Waals surface area contributed by atoms with Crippen molar-refractivity contribution < 1.29 is 0 Å². The molecule has 6 nitrogen and oxygen atoms in total. The van der Waals surface area contributed by atoms with Crippen LogP contribution in [0.5, 0.6) is 0 Å². The van der Waals surface area contributed by atoms with E-state index in [9.17, 15) is 0 Å². The first kappa shape index (κ1) is 18.0. The zero-order chi connectivity index (χ0) is 17.9. The second-order valence-corrected chi connectivity index (χ2v) is 8.26. The van der Waals surface area contributed by atoms with Crippen molar-refractivity contribution in [3.8, 4) is 0 Å². The highest BCUT2D eigenvalue weighted by atomic mass is 15.3. The molecule has 1 aliphatic carbocycles. The lowest BCUT2D eigenvalue weighted by Gasteiger charge is -2.35. The van der Waals surface area contributed by atoms with Gasteiger partial charge in [0.05, 0.1) is 0 Å². The van der Waals surface area contributed by atoms with Crippen molar-refractivity contribution in [2.75, 3.05) is 36.0 Å². The number of hydrogen-bond acceptors (Lipinski definition) is 6. The highest BCUT2D eigenvalue weighted by Gasteiger charge is 2.27. The largest absolute Gasteiger partial charge is 0.356 e. The summed E-state index contributed by atoms with van der Waals surface area (Å²) in [5, 5.41) is 3.85. The van der Waals surface area contributed by atoms with E-state index in [1.165, 1.54) is 38.5 Å². The van der Waals surface area contributed by atoms with Crippen molar-refractivity contribution in [2.45, 2.75) is 76.4 Å². The van der Waals surface area contributed by atoms with Gasteiger partial charge in [-0.15, -0.1) is 0 Å². The molecule has 0 bridgehead atoms. The number of nitrogens with one attached hydrogen (secondary N) is 1. The predicted molar refractivity (Wildman–Crippen MR) is 107 cm³/mol. The molecule has 1 saturated carbocycles. The van der Waals surface area contributed by atoms with E-state index >= 15 is 0 Å². The van der Waals surface area contributed by atoms with E-state index in [0.717, 1.165) is 56.5 Å². The minimum absolute atomic E-state index is 0.407. The SMILES string of the molecule is CCc1cc(N2CCC(N[C@H]3CC[C@H](N)C3)CC2)nc(N2CCCC2)n1. The summed E-state index contributed by atoms with van der Waals surface area (Å²) < 4.78 is 0. The molecule has 0 amide bonds. The number of aromatic nitrogens is 2. The maximum atomic E-state index is 6.06. The zero-order valence-corrected chi connectivity index (χ0v) is 16.2. The van der Waals surface area contributed by atoms with Crippen molar-refractivity contribution in [3.05, 3.63) is 11.8 Å². The molecule has 3 N–H and O–H groups in total. The fourth-order valence-electron chi connectivity index (χ4n) is 4.65. The predicted octanol–water partition coefficient (Wildman–Crippen LogP) is 2.08. The molecular formula is C20H34N6. The molecule has 3 heterocycles. The van der Waals surface area contributed by atoms with Gasteiger partial charge < -0.3 is 20.9 Å². The van der Waals surface area contributed by atoms with Gasteiger partial charge in [-0.3, -0.25) is 0 Å². The van der Waals surface area contributed by atoms with Gasteiger partial charge in [0.15, 0.2) is 0 Å². The summed E-state index contributed by atoms with van der Waals surface area (Å²) in [6.45, 7) is 6.54. The Morgan fingerprint density at radius 2 is 1.77 bits per heavy atom. The molecule has 2 aliphatic heterocycles. The maximum Gasteiger partial charge on any atom is 0.227 e. The Labute approximate surface area is 157 Å². The number of nitrogens with zero attached hydrogens (tertiary/aromatic N) is 4. The third kappa shape index (κ3) is 4.12. The Bertz CT molecular complexity index is 592. The van der Waals surface area contributed by atoms with E-state index in [2.05, 4.69) is 28.1 Å². The Morgan fingerprint density at radius 3 is 2.42 bits per heavy atom. The van der Waals surface area contributed by atoms with Crippen LogP contribution >= 0.6 is 0 Å². The molecular weight excluding hydrogens is 324 g/mol. The highest BCUT2D eigenvalue weighted by Crippen LogP contribution is 2.25. The Hall–Kier alpha value is -1.40. The number of nitrogens with two attached hydrogens (primary N) is 1. The van der Waals surface area contributed by atoms with Crippen LogP contribution < -0.4 is 20.9 Å². The van der Waals surface area contributed by atoms with Gasteiger partial charge in [-0.25, -0.2) is 4.98 Å². The average molecular weight is 359 g/mol. The van der Waals surface area contributed by atoms with E-state index in [1.54, 1.807) is 0 Å². The summed E-state index contributed by atoms with van der Waals surface area (Å²) in [4.78, 5) is 14.5. The third-order valence-corrected chi connectivity index (χ3v) is 6.27. The molecule has 0 unspecified atom stereocenters. The van der Waals surface area contributed by atoms with Crippen LogP contribution in [-0.4, -0.2) is 54.3 Å². The molecule has 2 atom stereocenters. The first-order valence-electron chi connectivity index (χ1n) is 10.6. The fourth-order valence-corrected chi connectivity index (χ4v) is 4.65. The minimum atomic E-state index is 0.407. The van der Waals surface area contributed by atoms with Gasteiger partial charge in [0.2, 0.25) is 5.95 Å². The highest BCUT2D eigenvalue weighted by molar-refractivity contribution is 5.47. The third-order valence-electron chi connectivity index (χ3n) is 6.27. The lowest BCUT2D eigenvalue weighted by atomic mass is 10.0. The monoisotopic (exact) mass is 358 g/mol. The van der Waals surface area contributed by atoms with Crippen molar-refractivity contribution in [3.63, 3.8) is 0 Å². The van der Waals surface area contributed by atoms with Gasteiger partial charge in [0.1, 0.15) is 5.82 Å². The van der Waals surface area contributed by atoms with Crippen LogP contribution in [0.15, 0.2) is 6.07 Å². The Kier molecular flexibility index (Phi) is 5.60. The van der Waals surface area contributed by atoms with Gasteiger partial charge in [-0.05, 0) is 51.4 Å². The first-order valence-corrected chi connectivity index (χ1v) is 10.6. The molecule has 0 spiro atoms. The topological polar surface area (TPSA) is 70.3 Å². The molecule has 26 heavy (non-hydrogen) atoms. The second-order valence-electron chi connectivity index (χ2n) is 8.26. The quantitative estimate of drug-likeness (QED) is 0.840. The van der Waals surface area contributed by atoms with Crippen molar-refractivity contribution in [1.29, 1.82) is 0 Å². The van der Waals surface area contributed by atoms with Crippen LogP contribution in [0.1, 0.15) is 57.6 Å². The van der Waals surface area contributed by atoms with Gasteiger partial charge in [0.25, 0.3) is 0 Å². The zero-order valence-electron chi connectivity index (χ0n) is 16.2. The van der Waals surface area contributed by atoms with Gasteiger partial charge in [0, 0.05) is 56.1 Å². The van der Waals surface area contributed by atoms with E-state index in [4.69, 9.17) is 15.7 Å². The van der Waals surface area contributed by atoms with Gasteiger partial charge >= 0.3 is 0 Å². The van der Waals surface area contributed by atoms with Crippen molar-refractivity contribution >= 4 is 11.8 Å². The second kappa shape index (κ2) is 8.09. The maximum absolute atomic E-state index is 6.06. The van der Waals surface area contributed by atoms with Crippen LogP contribution in [0.3, 0.4) is 0 Å². The minimum Gasteiger partial charge on any atom is -0.356 e. The lowest BCUT2D eigenvalue weighted by molar-refractivity contribution is 0.365. The summed E-state index contributed by atoms with van der Waals surface area (Å²) in [5.41, 5.74) is 7.22. The summed E-state index contributed by atoms with van der Waals surface area (Å²) in [7, 11) is 0. The van der Waals surface area contributed by atoms with E-state index in [0.29, 0.717) is 18.1 Å². The van der Waals surface area contributed by atoms with Gasteiger partial charge in [-0.1, -0.05) is 6.92 Å². The smallest absolute Gasteiger partial charge is 0.227 e. The number of rotatable bonds is 5. The Balaban J connectivity index is 1.38. The molecule has 144 valence electrons. The molecule has 2 saturated heterocycles. The van der Waals surface area contributed by atoms with Crippen molar-refractivity contribution in [1.82, 2.24) is 15.3 Å². The number of piperidine rings is 1. The Morgan fingerprint density at radius 1 is 1.00 bits per heavy atom. The van der Waals surface area contributed by atoms with E-state index in [1.807, 2.05) is 0 Å². The summed E-state index contributed by atoms with van der Waals surface area (Å²) >= 11 is 0. The average Bonchev–Trinajstić information content (AvgIpc) is 3.34. The molecule has 6 heteroatoms. The molecule has 3 aliphatic rings. The van der Waals surface area contributed by atoms with Crippen molar-refractivity contribution in [2.24, 2.45) is 5.73 Å². The molecule has 0 radical (unpaired) electrons. The molecule has 1 aromatic rings. The van der Waals surface area contributed by atoms with E-state index < -0.39 is 0 Å². The number of aryl methyl sites for hydroxylation is 1. The first-order chi connectivity index (χ1) is 12.7. The molecule has 3 fully saturated rings. The van der Waals surface area contributed by atoms with Crippen LogP contribution in [0.2, 0.25) is 0 Å². The fraction of sp³-hybridized carbons (Fsp3) is 0.800. The number of anilines is 2. The lowest BCUT2D eigenvalue weighted by Crippen LogP contribution is -2.46. The number of hydrogen-bond donors (Lipinski definition) is 2. The van der Waals surface area contributed by atoms with Crippen LogP contribution in [0, 0.1) is 0 Å². The molecule has 0 aromatic carbocycles. The summed E-state index contributed by atoms with van der Waals surface area (Å²) in [5.74, 6) is 2.07. The molecule has 1 aromatic heterocycles. The van der Waals surface area contributed by atoms with Crippen LogP contribution in [-0.2, 0) is 6.42 Å².